The van der Waals surface area contributed by atoms with Crippen LogP contribution in [0.1, 0.15) is 264 Å². The number of nitrogens with two attached hydrogens (primary N) is 4. The molecule has 8 heteroatoms. The van der Waals surface area contributed by atoms with Crippen molar-refractivity contribution in [2.75, 3.05) is 105 Å². The van der Waals surface area contributed by atoms with Crippen LogP contribution in [-0.2, 0) is 0 Å². The summed E-state index contributed by atoms with van der Waals surface area (Å²) in [5.41, 5.74) is 23.6. The monoisotopic (exact) mass is 921 g/mol. The second-order valence-electron chi connectivity index (χ2n) is 20.6. The molecule has 392 valence electrons. The number of unbranched alkanes of at least 4 members (excludes halogenated alkanes) is 30. The van der Waals surface area contributed by atoms with Crippen molar-refractivity contribution in [3.05, 3.63) is 0 Å². The zero-order valence-electron chi connectivity index (χ0n) is 45.0. The zero-order chi connectivity index (χ0) is 47.2. The highest BCUT2D eigenvalue weighted by atomic mass is 15.2. The van der Waals surface area contributed by atoms with Gasteiger partial charge in [0.15, 0.2) is 0 Å². The molecule has 0 aromatic carbocycles. The molecule has 0 aromatic heterocycles. The van der Waals surface area contributed by atoms with Gasteiger partial charge in [0.1, 0.15) is 0 Å². The summed E-state index contributed by atoms with van der Waals surface area (Å²) in [6.07, 6.45) is 54.1. The molecular weight excluding hydrogens is 797 g/mol. The third-order valence-corrected chi connectivity index (χ3v) is 14.2. The van der Waals surface area contributed by atoms with Crippen LogP contribution in [0.15, 0.2) is 0 Å². The lowest BCUT2D eigenvalue weighted by molar-refractivity contribution is 0.191. The molecule has 0 unspecified atom stereocenters. The molecule has 0 aliphatic heterocycles. The number of hydrogen-bond donors (Lipinski definition) is 4. The molecule has 0 saturated carbocycles. The van der Waals surface area contributed by atoms with E-state index in [-0.39, 0.29) is 0 Å². The minimum Gasteiger partial charge on any atom is -0.330 e. The molecule has 8 nitrogen and oxygen atoms in total. The molecule has 0 bridgehead atoms. The largest absolute Gasteiger partial charge is 0.330 e. The van der Waals surface area contributed by atoms with Crippen LogP contribution in [0.3, 0.4) is 0 Å². The van der Waals surface area contributed by atoms with E-state index in [1.165, 1.54) is 264 Å². The van der Waals surface area contributed by atoms with Crippen LogP contribution in [0.4, 0.5) is 0 Å². The first-order chi connectivity index (χ1) is 32.1. The Morgan fingerprint density at radius 3 is 0.477 bits per heavy atom. The Hall–Kier alpha value is -0.320. The third kappa shape index (κ3) is 49.9. The SMILES string of the molecule is CCCCCCCCCCCCCCCCCCN(CCCCCCCCCCCCCCCCCC)CCCN(CCCN(CCCN)CCCN)CCCN(CCCN)CCCN. The smallest absolute Gasteiger partial charge is 0.000653 e. The lowest BCUT2D eigenvalue weighted by Gasteiger charge is -2.29. The maximum Gasteiger partial charge on any atom is -0.000653 e. The van der Waals surface area contributed by atoms with Crippen LogP contribution in [0.5, 0.6) is 0 Å². The fourth-order valence-corrected chi connectivity index (χ4v) is 9.92. The summed E-state index contributed by atoms with van der Waals surface area (Å²) in [4.78, 5) is 10.9. The molecule has 0 aliphatic carbocycles. The fraction of sp³-hybridized carbons (Fsp3) is 1.00. The van der Waals surface area contributed by atoms with Gasteiger partial charge in [0.2, 0.25) is 0 Å². The first kappa shape index (κ1) is 64.7. The van der Waals surface area contributed by atoms with Gasteiger partial charge in [-0.05, 0) is 163 Å². The number of hydrogen-bond acceptors (Lipinski definition) is 8. The molecule has 0 rings (SSSR count). The van der Waals surface area contributed by atoms with Crippen LogP contribution in [0.2, 0.25) is 0 Å². The molecule has 0 aliphatic rings. The lowest BCUT2D eigenvalue weighted by Crippen LogP contribution is -2.36. The fourth-order valence-electron chi connectivity index (χ4n) is 9.92. The van der Waals surface area contributed by atoms with E-state index in [9.17, 15) is 0 Å². The highest BCUT2D eigenvalue weighted by Gasteiger charge is 2.12. The maximum atomic E-state index is 5.91. The molecular formula is C57H124N8. The second kappa shape index (κ2) is 56.3. The van der Waals surface area contributed by atoms with Crippen molar-refractivity contribution < 1.29 is 0 Å². The van der Waals surface area contributed by atoms with Gasteiger partial charge in [-0.3, -0.25) is 0 Å². The van der Waals surface area contributed by atoms with E-state index in [4.69, 9.17) is 22.9 Å². The van der Waals surface area contributed by atoms with E-state index in [1.807, 2.05) is 0 Å². The van der Waals surface area contributed by atoms with Crippen molar-refractivity contribution in [3.63, 3.8) is 0 Å². The highest BCUT2D eigenvalue weighted by molar-refractivity contribution is 4.69. The van der Waals surface area contributed by atoms with E-state index >= 15 is 0 Å². The van der Waals surface area contributed by atoms with Gasteiger partial charge in [-0.2, -0.15) is 0 Å². The molecule has 8 N–H and O–H groups in total. The Balaban J connectivity index is 4.93. The van der Waals surface area contributed by atoms with Gasteiger partial charge < -0.3 is 42.5 Å². The van der Waals surface area contributed by atoms with Crippen LogP contribution >= 0.6 is 0 Å². The predicted molar refractivity (Wildman–Crippen MR) is 293 cm³/mol. The normalized spacial score (nSPS) is 12.1. The predicted octanol–water partition coefficient (Wildman–Crippen LogP) is 13.3. The summed E-state index contributed by atoms with van der Waals surface area (Å²) in [6, 6.07) is 0. The maximum absolute atomic E-state index is 5.91. The quantitative estimate of drug-likeness (QED) is 0.0446. The molecule has 0 amide bonds. The summed E-state index contributed by atoms with van der Waals surface area (Å²) in [7, 11) is 0. The van der Waals surface area contributed by atoms with Gasteiger partial charge in [-0.1, -0.05) is 206 Å². The Morgan fingerprint density at radius 2 is 0.308 bits per heavy atom. The van der Waals surface area contributed by atoms with Crippen molar-refractivity contribution in [1.82, 2.24) is 19.6 Å². The van der Waals surface area contributed by atoms with E-state index in [0.717, 1.165) is 91.1 Å². The van der Waals surface area contributed by atoms with Crippen LogP contribution in [0, 0.1) is 0 Å². The average molecular weight is 922 g/mol. The van der Waals surface area contributed by atoms with E-state index in [1.54, 1.807) is 0 Å². The summed E-state index contributed by atoms with van der Waals surface area (Å²) in [5.74, 6) is 0. The van der Waals surface area contributed by atoms with Crippen LogP contribution < -0.4 is 22.9 Å². The Kier molecular flexibility index (Phi) is 56.0. The minimum atomic E-state index is 0.769. The Morgan fingerprint density at radius 1 is 0.169 bits per heavy atom. The van der Waals surface area contributed by atoms with Gasteiger partial charge in [0.05, 0.1) is 0 Å². The van der Waals surface area contributed by atoms with Gasteiger partial charge in [-0.25, -0.2) is 0 Å². The molecule has 0 radical (unpaired) electrons. The summed E-state index contributed by atoms with van der Waals surface area (Å²) in [6.45, 7) is 21.8. The first-order valence-electron chi connectivity index (χ1n) is 29.8. The zero-order valence-corrected chi connectivity index (χ0v) is 45.0. The molecule has 65 heavy (non-hydrogen) atoms. The molecule has 0 heterocycles. The Labute approximate surface area is 410 Å². The Bertz CT molecular complexity index is 770. The van der Waals surface area contributed by atoms with E-state index in [0.29, 0.717) is 0 Å². The van der Waals surface area contributed by atoms with Gasteiger partial charge >= 0.3 is 0 Å². The van der Waals surface area contributed by atoms with Gasteiger partial charge in [0, 0.05) is 0 Å². The summed E-state index contributed by atoms with van der Waals surface area (Å²) >= 11 is 0. The third-order valence-electron chi connectivity index (χ3n) is 14.2. The van der Waals surface area contributed by atoms with Crippen molar-refractivity contribution in [3.8, 4) is 0 Å². The van der Waals surface area contributed by atoms with Crippen molar-refractivity contribution in [2.45, 2.75) is 264 Å². The van der Waals surface area contributed by atoms with Crippen LogP contribution in [0.25, 0.3) is 0 Å². The molecule has 0 saturated heterocycles. The van der Waals surface area contributed by atoms with E-state index in [2.05, 4.69) is 33.4 Å². The molecule has 0 aromatic rings. The number of nitrogens with zero attached hydrogens (tertiary/aromatic N) is 4. The highest BCUT2D eigenvalue weighted by Crippen LogP contribution is 2.16. The van der Waals surface area contributed by atoms with E-state index < -0.39 is 0 Å². The van der Waals surface area contributed by atoms with Crippen molar-refractivity contribution in [1.29, 1.82) is 0 Å². The van der Waals surface area contributed by atoms with Gasteiger partial charge in [0.25, 0.3) is 0 Å². The van der Waals surface area contributed by atoms with Crippen molar-refractivity contribution in [2.24, 2.45) is 22.9 Å². The molecule has 0 fully saturated rings. The van der Waals surface area contributed by atoms with Crippen molar-refractivity contribution >= 4 is 0 Å². The second-order valence-corrected chi connectivity index (χ2v) is 20.6. The van der Waals surface area contributed by atoms with Gasteiger partial charge in [-0.15, -0.1) is 0 Å². The molecule has 0 atom stereocenters. The minimum absolute atomic E-state index is 0.769. The first-order valence-corrected chi connectivity index (χ1v) is 29.8. The average Bonchev–Trinajstić information content (AvgIpc) is 3.32. The van der Waals surface area contributed by atoms with Crippen LogP contribution in [-0.4, -0.2) is 124 Å². The lowest BCUT2D eigenvalue weighted by atomic mass is 10.0. The summed E-state index contributed by atoms with van der Waals surface area (Å²) < 4.78 is 0. The summed E-state index contributed by atoms with van der Waals surface area (Å²) in [5, 5.41) is 0. The topological polar surface area (TPSA) is 117 Å². The number of rotatable bonds is 58. The standard InChI is InChI=1S/C57H124N8/c1-3-5-7-9-11-13-15-17-19-21-23-25-27-29-31-33-46-62(47-34-32-30-28-26-24-22-20-18-16-14-12-10-8-6-4-2)52-39-55-65(56-40-53-63(48-35-42-58)49-36-43-59)57-41-54-64(50-37-44-60)51-38-45-61/h3-61H2,1-2H3. The molecule has 0 spiro atoms.